The number of rotatable bonds is 6. The molecule has 0 radical (unpaired) electrons. The Hall–Kier alpha value is -3.38. The Kier molecular flexibility index (Phi) is 5.89. The van der Waals surface area contributed by atoms with Crippen LogP contribution in [0.4, 0.5) is 16.0 Å². The van der Waals surface area contributed by atoms with E-state index in [4.69, 9.17) is 9.47 Å². The van der Waals surface area contributed by atoms with E-state index in [0.717, 1.165) is 12.3 Å². The molecule has 1 aliphatic heterocycles. The van der Waals surface area contributed by atoms with Crippen molar-refractivity contribution in [2.45, 2.75) is 0 Å². The van der Waals surface area contributed by atoms with Crippen LogP contribution in [0, 0.1) is 5.82 Å². The number of aldehydes is 1. The quantitative estimate of drug-likeness (QED) is 0.548. The van der Waals surface area contributed by atoms with Gasteiger partial charge < -0.3 is 14.4 Å². The molecule has 4 rings (SSSR count). The molecular weight excluding hydrogens is 441 g/mol. The maximum atomic E-state index is 14.3. The zero-order valence-electron chi connectivity index (χ0n) is 17.3. The Balaban J connectivity index is 1.97. The van der Waals surface area contributed by atoms with Crippen LogP contribution in [0.1, 0.15) is 10.4 Å². The zero-order chi connectivity index (χ0) is 22.9. The summed E-state index contributed by atoms with van der Waals surface area (Å²) in [7, 11) is -2.27. The minimum absolute atomic E-state index is 0.0608. The van der Waals surface area contributed by atoms with E-state index in [9.17, 15) is 17.6 Å². The molecule has 3 heterocycles. The number of ether oxygens (including phenoxy) is 2. The van der Waals surface area contributed by atoms with Gasteiger partial charge >= 0.3 is 0 Å². The molecule has 0 aliphatic carbocycles. The van der Waals surface area contributed by atoms with Crippen molar-refractivity contribution in [3.8, 4) is 17.1 Å². The molecule has 10 nitrogen and oxygen atoms in total. The van der Waals surface area contributed by atoms with Crippen molar-refractivity contribution in [1.82, 2.24) is 15.0 Å². The molecular formula is C20H20FN5O5S. The van der Waals surface area contributed by atoms with Crippen molar-refractivity contribution in [2.75, 3.05) is 49.3 Å². The van der Waals surface area contributed by atoms with Gasteiger partial charge in [0.25, 0.3) is 0 Å². The van der Waals surface area contributed by atoms with Crippen LogP contribution in [0.15, 0.2) is 24.4 Å². The fraction of sp³-hybridized carbons (Fsp3) is 0.300. The number of sulfonamides is 1. The second kappa shape index (κ2) is 8.63. The lowest BCUT2D eigenvalue weighted by Crippen LogP contribution is -2.37. The van der Waals surface area contributed by atoms with E-state index in [0.29, 0.717) is 55.2 Å². The molecule has 0 amide bonds. The summed E-state index contributed by atoms with van der Waals surface area (Å²) >= 11 is 0. The van der Waals surface area contributed by atoms with E-state index in [-0.39, 0.29) is 22.6 Å². The first kappa shape index (κ1) is 21.8. The number of carbonyl (C=O) groups is 1. The van der Waals surface area contributed by atoms with Crippen LogP contribution in [0.3, 0.4) is 0 Å². The van der Waals surface area contributed by atoms with Crippen molar-refractivity contribution in [1.29, 1.82) is 0 Å². The lowest BCUT2D eigenvalue weighted by molar-refractivity contribution is 0.112. The first-order valence-corrected chi connectivity index (χ1v) is 11.5. The predicted octanol–water partition coefficient (Wildman–Crippen LogP) is 1.86. The second-order valence-corrected chi connectivity index (χ2v) is 8.88. The maximum Gasteiger partial charge on any atom is 0.238 e. The third-order valence-corrected chi connectivity index (χ3v) is 5.41. The number of nitrogens with zero attached hydrogens (tertiary/aromatic N) is 4. The third-order valence-electron chi connectivity index (χ3n) is 4.82. The summed E-state index contributed by atoms with van der Waals surface area (Å²) in [4.78, 5) is 26.8. The fourth-order valence-corrected chi connectivity index (χ4v) is 3.99. The van der Waals surface area contributed by atoms with E-state index in [1.165, 1.54) is 25.4 Å². The van der Waals surface area contributed by atoms with Gasteiger partial charge in [-0.15, -0.1) is 0 Å². The number of benzene rings is 1. The summed E-state index contributed by atoms with van der Waals surface area (Å²) < 4.78 is 50.7. The molecule has 1 N–H and O–H groups in total. The van der Waals surface area contributed by atoms with E-state index in [1.807, 2.05) is 4.90 Å². The molecule has 32 heavy (non-hydrogen) atoms. The van der Waals surface area contributed by atoms with Gasteiger partial charge in [-0.1, -0.05) is 0 Å². The van der Waals surface area contributed by atoms with Crippen LogP contribution < -0.4 is 14.4 Å². The van der Waals surface area contributed by atoms with Crippen LogP contribution in [0.25, 0.3) is 22.2 Å². The van der Waals surface area contributed by atoms with E-state index < -0.39 is 15.8 Å². The maximum absolute atomic E-state index is 14.3. The standard InChI is InChI=1S/C20H20FN5O5S/c1-30-19-16(25-32(2,28)29)8-12(10-22-19)17-15-9-14(21)7-13(11-27)18(15)24-20(23-17)26-3-5-31-6-4-26/h7-11,25H,3-6H2,1-2H3. The van der Waals surface area contributed by atoms with Crippen LogP contribution in [-0.2, 0) is 14.8 Å². The number of hydrogen-bond acceptors (Lipinski definition) is 9. The van der Waals surface area contributed by atoms with Crippen molar-refractivity contribution in [3.63, 3.8) is 0 Å². The molecule has 3 aromatic rings. The van der Waals surface area contributed by atoms with Gasteiger partial charge in [-0.2, -0.15) is 0 Å². The minimum Gasteiger partial charge on any atom is -0.480 e. The van der Waals surface area contributed by atoms with Gasteiger partial charge in [0.1, 0.15) is 11.5 Å². The number of halogens is 1. The number of anilines is 2. The van der Waals surface area contributed by atoms with E-state index in [1.54, 1.807) is 0 Å². The summed E-state index contributed by atoms with van der Waals surface area (Å²) in [5, 5.41) is 0.293. The Bertz CT molecular complexity index is 1300. The Morgan fingerprint density at radius 1 is 1.22 bits per heavy atom. The highest BCUT2D eigenvalue weighted by Crippen LogP contribution is 2.34. The summed E-state index contributed by atoms with van der Waals surface area (Å²) in [6.45, 7) is 2.08. The molecule has 0 spiro atoms. The third kappa shape index (κ3) is 4.46. The van der Waals surface area contributed by atoms with Gasteiger partial charge in [-0.3, -0.25) is 9.52 Å². The lowest BCUT2D eigenvalue weighted by atomic mass is 10.0. The van der Waals surface area contributed by atoms with Crippen molar-refractivity contribution in [2.24, 2.45) is 0 Å². The number of aromatic nitrogens is 3. The van der Waals surface area contributed by atoms with Gasteiger partial charge in [0.2, 0.25) is 21.9 Å². The summed E-state index contributed by atoms with van der Waals surface area (Å²) in [5.74, 6) is -0.218. The highest BCUT2D eigenvalue weighted by molar-refractivity contribution is 7.92. The lowest BCUT2D eigenvalue weighted by Gasteiger charge is -2.27. The molecule has 0 atom stereocenters. The molecule has 0 bridgehead atoms. The smallest absolute Gasteiger partial charge is 0.238 e. The summed E-state index contributed by atoms with van der Waals surface area (Å²) in [6.07, 6.45) is 2.97. The molecule has 1 aliphatic rings. The van der Waals surface area contributed by atoms with Crippen LogP contribution >= 0.6 is 0 Å². The highest BCUT2D eigenvalue weighted by Gasteiger charge is 2.21. The fourth-order valence-electron chi connectivity index (χ4n) is 3.44. The van der Waals surface area contributed by atoms with E-state index >= 15 is 0 Å². The van der Waals surface area contributed by atoms with Gasteiger partial charge in [-0.05, 0) is 18.2 Å². The highest BCUT2D eigenvalue weighted by atomic mass is 32.2. The molecule has 1 fully saturated rings. The van der Waals surface area contributed by atoms with Crippen molar-refractivity contribution < 1.29 is 27.1 Å². The molecule has 0 saturated carbocycles. The molecule has 12 heteroatoms. The van der Waals surface area contributed by atoms with Crippen molar-refractivity contribution in [3.05, 3.63) is 35.8 Å². The number of hydrogen-bond donors (Lipinski definition) is 1. The molecule has 0 unspecified atom stereocenters. The number of pyridine rings is 1. The Morgan fingerprint density at radius 3 is 2.62 bits per heavy atom. The number of morpholine rings is 1. The molecule has 1 saturated heterocycles. The summed E-state index contributed by atoms with van der Waals surface area (Å²) in [6, 6.07) is 3.83. The minimum atomic E-state index is -3.63. The summed E-state index contributed by atoms with van der Waals surface area (Å²) in [5.41, 5.74) is 1.14. The normalized spacial score (nSPS) is 14.4. The number of nitrogens with one attached hydrogen (secondary N) is 1. The van der Waals surface area contributed by atoms with Crippen LogP contribution in [-0.4, -0.2) is 69.3 Å². The van der Waals surface area contributed by atoms with Crippen molar-refractivity contribution >= 4 is 38.8 Å². The number of fused-ring (bicyclic) bond motifs is 1. The SMILES string of the molecule is COc1ncc(-c2nc(N3CCOCC3)nc3c(C=O)cc(F)cc23)cc1NS(C)(=O)=O. The van der Waals surface area contributed by atoms with Gasteiger partial charge in [-0.25, -0.2) is 27.8 Å². The predicted molar refractivity (Wildman–Crippen MR) is 116 cm³/mol. The van der Waals surface area contributed by atoms with Crippen LogP contribution in [0.5, 0.6) is 5.88 Å². The first-order chi connectivity index (χ1) is 15.3. The van der Waals surface area contributed by atoms with Crippen LogP contribution in [0.2, 0.25) is 0 Å². The van der Waals surface area contributed by atoms with E-state index in [2.05, 4.69) is 19.7 Å². The molecule has 1 aromatic carbocycles. The number of carbonyl (C=O) groups excluding carboxylic acids is 1. The van der Waals surface area contributed by atoms with Gasteiger partial charge in [0.05, 0.1) is 37.8 Å². The topological polar surface area (TPSA) is 124 Å². The first-order valence-electron chi connectivity index (χ1n) is 9.60. The number of methoxy groups -OCH3 is 1. The largest absolute Gasteiger partial charge is 0.480 e. The molecule has 168 valence electrons. The van der Waals surface area contributed by atoms with Gasteiger partial charge in [0.15, 0.2) is 6.29 Å². The second-order valence-electron chi connectivity index (χ2n) is 7.14. The molecule has 2 aromatic heterocycles. The Labute approximate surface area is 183 Å². The zero-order valence-corrected chi connectivity index (χ0v) is 18.1. The average Bonchev–Trinajstić information content (AvgIpc) is 2.77. The Morgan fingerprint density at radius 2 is 1.97 bits per heavy atom. The van der Waals surface area contributed by atoms with Gasteiger partial charge in [0, 0.05) is 35.8 Å². The average molecular weight is 461 g/mol. The monoisotopic (exact) mass is 461 g/mol.